The van der Waals surface area contributed by atoms with Gasteiger partial charge in [0.15, 0.2) is 0 Å². The van der Waals surface area contributed by atoms with Crippen molar-refractivity contribution in [2.45, 2.75) is 20.4 Å². The minimum absolute atomic E-state index is 0.140. The number of hydrogen-bond donors (Lipinski definition) is 2. The van der Waals surface area contributed by atoms with Crippen LogP contribution in [-0.4, -0.2) is 26.6 Å². The maximum atomic E-state index is 10.9. The van der Waals surface area contributed by atoms with Gasteiger partial charge in [-0.1, -0.05) is 5.16 Å². The van der Waals surface area contributed by atoms with E-state index in [9.17, 15) is 10.1 Å². The van der Waals surface area contributed by atoms with Gasteiger partial charge in [-0.2, -0.15) is 4.98 Å². The third-order valence-corrected chi connectivity index (χ3v) is 2.41. The van der Waals surface area contributed by atoms with E-state index < -0.39 is 4.92 Å². The minimum Gasteiger partial charge on any atom is -0.361 e. The molecule has 2 heterocycles. The number of hydrogen-bond acceptors (Lipinski definition) is 8. The number of aryl methyl sites for hydroxylation is 1. The highest BCUT2D eigenvalue weighted by Gasteiger charge is 2.17. The molecule has 9 nitrogen and oxygen atoms in total. The Morgan fingerprint density at radius 2 is 2.25 bits per heavy atom. The molecule has 0 aliphatic heterocycles. The second-order valence-electron chi connectivity index (χ2n) is 4.00. The summed E-state index contributed by atoms with van der Waals surface area (Å²) in [5, 5.41) is 20.5. The van der Waals surface area contributed by atoms with Crippen LogP contribution in [0.4, 0.5) is 17.5 Å². The van der Waals surface area contributed by atoms with Crippen molar-refractivity contribution in [3.63, 3.8) is 0 Å². The molecule has 0 radical (unpaired) electrons. The molecule has 9 heteroatoms. The first-order chi connectivity index (χ1) is 9.60. The Balaban J connectivity index is 2.18. The van der Waals surface area contributed by atoms with Gasteiger partial charge in [0.25, 0.3) is 0 Å². The molecule has 0 saturated heterocycles. The van der Waals surface area contributed by atoms with E-state index in [0.717, 1.165) is 0 Å². The Morgan fingerprint density at radius 1 is 1.45 bits per heavy atom. The molecule has 2 aromatic heterocycles. The normalized spacial score (nSPS) is 10.3. The lowest BCUT2D eigenvalue weighted by Gasteiger charge is -2.06. The van der Waals surface area contributed by atoms with Crippen LogP contribution in [0, 0.1) is 17.0 Å². The van der Waals surface area contributed by atoms with Crippen molar-refractivity contribution in [1.29, 1.82) is 0 Å². The summed E-state index contributed by atoms with van der Waals surface area (Å²) in [4.78, 5) is 18.3. The Morgan fingerprint density at radius 3 is 2.85 bits per heavy atom. The molecule has 0 spiro atoms. The first-order valence-corrected chi connectivity index (χ1v) is 6.01. The summed E-state index contributed by atoms with van der Waals surface area (Å²) in [5.41, 5.74) is 0.451. The number of anilines is 2. The zero-order valence-electron chi connectivity index (χ0n) is 11.1. The van der Waals surface area contributed by atoms with Crippen molar-refractivity contribution in [3.8, 4) is 0 Å². The van der Waals surface area contributed by atoms with Crippen molar-refractivity contribution in [1.82, 2.24) is 15.1 Å². The average molecular weight is 278 g/mol. The molecule has 0 saturated carbocycles. The maximum Gasteiger partial charge on any atom is 0.329 e. The highest BCUT2D eigenvalue weighted by Crippen LogP contribution is 2.22. The third-order valence-electron chi connectivity index (χ3n) is 2.41. The van der Waals surface area contributed by atoms with E-state index in [2.05, 4.69) is 25.8 Å². The highest BCUT2D eigenvalue weighted by atomic mass is 16.6. The molecule has 0 amide bonds. The van der Waals surface area contributed by atoms with Gasteiger partial charge in [0.1, 0.15) is 17.7 Å². The summed E-state index contributed by atoms with van der Waals surface area (Å²) in [6.45, 7) is 4.56. The summed E-state index contributed by atoms with van der Waals surface area (Å²) in [6.07, 6.45) is 1.17. The molecule has 0 fully saturated rings. The molecule has 0 atom stereocenters. The van der Waals surface area contributed by atoms with Crippen molar-refractivity contribution in [3.05, 3.63) is 33.8 Å². The molecule has 20 heavy (non-hydrogen) atoms. The van der Waals surface area contributed by atoms with Gasteiger partial charge in [0.2, 0.25) is 11.8 Å². The SMILES string of the molecule is CCNc1ncc([N+](=O)[O-])c(NCc2cc(C)on2)n1. The highest BCUT2D eigenvalue weighted by molar-refractivity contribution is 5.56. The van der Waals surface area contributed by atoms with Crippen molar-refractivity contribution < 1.29 is 9.45 Å². The lowest BCUT2D eigenvalue weighted by atomic mass is 10.3. The van der Waals surface area contributed by atoms with Crippen LogP contribution in [0.3, 0.4) is 0 Å². The standard InChI is InChI=1S/C11H14N6O3/c1-3-12-11-14-6-9(17(18)19)10(15-11)13-5-8-4-7(2)20-16-8/h4,6H,3,5H2,1-2H3,(H2,12,13,14,15). The Bertz CT molecular complexity index is 612. The maximum absolute atomic E-state index is 10.9. The monoisotopic (exact) mass is 278 g/mol. The molecule has 0 aromatic carbocycles. The minimum atomic E-state index is -0.536. The molecule has 0 bridgehead atoms. The summed E-state index contributed by atoms with van der Waals surface area (Å²) in [6, 6.07) is 1.74. The van der Waals surface area contributed by atoms with E-state index in [0.29, 0.717) is 23.9 Å². The van der Waals surface area contributed by atoms with Crippen LogP contribution in [0.5, 0.6) is 0 Å². The van der Waals surface area contributed by atoms with Gasteiger partial charge >= 0.3 is 5.69 Å². The van der Waals surface area contributed by atoms with Gasteiger partial charge in [-0.3, -0.25) is 10.1 Å². The first kappa shape index (κ1) is 13.7. The number of rotatable bonds is 6. The van der Waals surface area contributed by atoms with E-state index in [1.807, 2.05) is 6.92 Å². The third kappa shape index (κ3) is 3.19. The van der Waals surface area contributed by atoms with Gasteiger partial charge in [-0.05, 0) is 13.8 Å². The summed E-state index contributed by atoms with van der Waals surface area (Å²) < 4.78 is 4.92. The molecular formula is C11H14N6O3. The van der Waals surface area contributed by atoms with Crippen LogP contribution in [0.2, 0.25) is 0 Å². The topological polar surface area (TPSA) is 119 Å². The molecular weight excluding hydrogens is 264 g/mol. The first-order valence-electron chi connectivity index (χ1n) is 6.01. The van der Waals surface area contributed by atoms with Gasteiger partial charge in [-0.25, -0.2) is 4.98 Å². The Kier molecular flexibility index (Phi) is 4.08. The summed E-state index contributed by atoms with van der Waals surface area (Å²) in [7, 11) is 0. The van der Waals surface area contributed by atoms with Gasteiger partial charge in [0.05, 0.1) is 11.5 Å². The van der Waals surface area contributed by atoms with E-state index >= 15 is 0 Å². The lowest BCUT2D eigenvalue weighted by molar-refractivity contribution is -0.384. The summed E-state index contributed by atoms with van der Waals surface area (Å²) in [5.74, 6) is 1.14. The van der Waals surface area contributed by atoms with Crippen LogP contribution in [0.15, 0.2) is 16.8 Å². The van der Waals surface area contributed by atoms with Crippen LogP contribution in [0.25, 0.3) is 0 Å². The van der Waals surface area contributed by atoms with Crippen LogP contribution < -0.4 is 10.6 Å². The summed E-state index contributed by atoms with van der Waals surface area (Å²) >= 11 is 0. The van der Waals surface area contributed by atoms with Crippen LogP contribution in [0.1, 0.15) is 18.4 Å². The van der Waals surface area contributed by atoms with Crippen LogP contribution in [-0.2, 0) is 6.54 Å². The molecule has 0 aliphatic rings. The number of nitrogens with zero attached hydrogens (tertiary/aromatic N) is 4. The Labute approximate surface area is 114 Å². The van der Waals surface area contributed by atoms with E-state index in [1.54, 1.807) is 13.0 Å². The van der Waals surface area contributed by atoms with Crippen molar-refractivity contribution >= 4 is 17.5 Å². The number of nitro groups is 1. The molecule has 2 rings (SSSR count). The molecule has 0 unspecified atom stereocenters. The fraction of sp³-hybridized carbons (Fsp3) is 0.364. The smallest absolute Gasteiger partial charge is 0.329 e. The fourth-order valence-electron chi connectivity index (χ4n) is 1.56. The average Bonchev–Trinajstić information content (AvgIpc) is 2.82. The van der Waals surface area contributed by atoms with Gasteiger partial charge in [-0.15, -0.1) is 0 Å². The largest absolute Gasteiger partial charge is 0.361 e. The zero-order valence-corrected chi connectivity index (χ0v) is 11.1. The van der Waals surface area contributed by atoms with E-state index in [-0.39, 0.29) is 18.1 Å². The Hall–Kier alpha value is -2.71. The van der Waals surface area contributed by atoms with Crippen LogP contribution >= 0.6 is 0 Å². The number of aromatic nitrogens is 3. The van der Waals surface area contributed by atoms with E-state index in [4.69, 9.17) is 4.52 Å². The molecule has 2 N–H and O–H groups in total. The second-order valence-corrected chi connectivity index (χ2v) is 4.00. The lowest BCUT2D eigenvalue weighted by Crippen LogP contribution is -2.09. The number of nitrogens with one attached hydrogen (secondary N) is 2. The van der Waals surface area contributed by atoms with Gasteiger partial charge < -0.3 is 15.2 Å². The molecule has 0 aliphatic carbocycles. The van der Waals surface area contributed by atoms with E-state index in [1.165, 1.54) is 6.20 Å². The molecule has 2 aromatic rings. The fourth-order valence-corrected chi connectivity index (χ4v) is 1.56. The second kappa shape index (κ2) is 5.95. The quantitative estimate of drug-likeness (QED) is 0.605. The van der Waals surface area contributed by atoms with Crippen molar-refractivity contribution in [2.75, 3.05) is 17.2 Å². The predicted molar refractivity (Wildman–Crippen MR) is 71.4 cm³/mol. The van der Waals surface area contributed by atoms with Gasteiger partial charge in [0, 0.05) is 12.6 Å². The predicted octanol–water partition coefficient (Wildman–Crippen LogP) is 1.73. The molecule has 106 valence electrons. The van der Waals surface area contributed by atoms with Crippen molar-refractivity contribution in [2.24, 2.45) is 0 Å². The zero-order chi connectivity index (χ0) is 14.5.